The molecule has 0 spiro atoms. The first kappa shape index (κ1) is 16.0. The molecule has 0 aliphatic rings. The zero-order chi connectivity index (χ0) is 17.1. The molecule has 6 nitrogen and oxygen atoms in total. The minimum absolute atomic E-state index is 0.00498. The Morgan fingerprint density at radius 3 is 2.48 bits per heavy atom. The third kappa shape index (κ3) is 2.58. The van der Waals surface area contributed by atoms with E-state index in [1.807, 2.05) is 0 Å². The second-order valence-corrected chi connectivity index (χ2v) is 4.39. The summed E-state index contributed by atoms with van der Waals surface area (Å²) >= 11 is 0. The first-order chi connectivity index (χ1) is 11.0. The quantitative estimate of drug-likeness (QED) is 0.899. The molecule has 0 radical (unpaired) electrons. The van der Waals surface area contributed by atoms with Gasteiger partial charge in [-0.2, -0.15) is 10.5 Å². The Balaban J connectivity index is 2.94. The highest BCUT2D eigenvalue weighted by Crippen LogP contribution is 2.35. The summed E-state index contributed by atoms with van der Waals surface area (Å²) in [6.07, 6.45) is 0. The Morgan fingerprint density at radius 2 is 1.91 bits per heavy atom. The van der Waals surface area contributed by atoms with E-state index in [0.29, 0.717) is 0 Å². The van der Waals surface area contributed by atoms with Crippen molar-refractivity contribution >= 4 is 5.82 Å². The Labute approximate surface area is 129 Å². The molecule has 8 heteroatoms. The number of aromatic amines is 1. The van der Waals surface area contributed by atoms with Crippen molar-refractivity contribution in [2.45, 2.75) is 6.92 Å². The molecule has 0 aliphatic heterocycles. The predicted molar refractivity (Wildman–Crippen MR) is 77.4 cm³/mol. The number of halogens is 2. The lowest BCUT2D eigenvalue weighted by Gasteiger charge is -2.13. The molecule has 0 aliphatic carbocycles. The number of anilines is 1. The van der Waals surface area contributed by atoms with Gasteiger partial charge in [0, 0.05) is 11.1 Å². The standard InChI is InChI=1S/C15H10F2N4O2/c1-2-23-13-10(16)4-3-7(12(13)17)11-8(5-18)14(20)21-15(22)9(11)6-19/h3-4H,2H2,1H3,(H3,20,21,22). The summed E-state index contributed by atoms with van der Waals surface area (Å²) in [4.78, 5) is 14.0. The topological polar surface area (TPSA) is 116 Å². The van der Waals surface area contributed by atoms with Crippen LogP contribution in [0.15, 0.2) is 16.9 Å². The van der Waals surface area contributed by atoms with Gasteiger partial charge in [-0.05, 0) is 19.1 Å². The van der Waals surface area contributed by atoms with Crippen LogP contribution in [0.3, 0.4) is 0 Å². The van der Waals surface area contributed by atoms with Crippen LogP contribution >= 0.6 is 0 Å². The van der Waals surface area contributed by atoms with E-state index in [9.17, 15) is 18.8 Å². The van der Waals surface area contributed by atoms with Crippen molar-refractivity contribution in [3.63, 3.8) is 0 Å². The number of benzene rings is 1. The van der Waals surface area contributed by atoms with Crippen LogP contribution < -0.4 is 16.0 Å². The number of H-pyrrole nitrogens is 1. The second kappa shape index (κ2) is 6.16. The molecule has 0 bridgehead atoms. The molecular formula is C15H10F2N4O2. The van der Waals surface area contributed by atoms with Crippen LogP contribution in [0, 0.1) is 34.3 Å². The van der Waals surface area contributed by atoms with Gasteiger partial charge in [0.2, 0.25) is 0 Å². The zero-order valence-electron chi connectivity index (χ0n) is 11.9. The average molecular weight is 316 g/mol. The van der Waals surface area contributed by atoms with Crippen molar-refractivity contribution in [1.82, 2.24) is 4.98 Å². The van der Waals surface area contributed by atoms with Gasteiger partial charge >= 0.3 is 0 Å². The number of pyridine rings is 1. The number of hydrogen-bond acceptors (Lipinski definition) is 5. The molecule has 0 saturated heterocycles. The highest BCUT2D eigenvalue weighted by Gasteiger charge is 2.24. The largest absolute Gasteiger partial charge is 0.488 e. The van der Waals surface area contributed by atoms with Crippen LogP contribution in [-0.4, -0.2) is 11.6 Å². The number of hydrogen-bond donors (Lipinski definition) is 2. The lowest BCUT2D eigenvalue weighted by molar-refractivity contribution is 0.303. The zero-order valence-corrected chi connectivity index (χ0v) is 11.9. The van der Waals surface area contributed by atoms with E-state index in [2.05, 4.69) is 4.98 Å². The summed E-state index contributed by atoms with van der Waals surface area (Å²) in [6, 6.07) is 5.25. The molecule has 1 aromatic carbocycles. The molecule has 0 amide bonds. The fourth-order valence-corrected chi connectivity index (χ4v) is 2.11. The third-order valence-corrected chi connectivity index (χ3v) is 3.08. The van der Waals surface area contributed by atoms with E-state index in [1.165, 1.54) is 6.92 Å². The van der Waals surface area contributed by atoms with Crippen LogP contribution in [0.1, 0.15) is 18.1 Å². The number of nitrogens with one attached hydrogen (secondary N) is 1. The molecule has 3 N–H and O–H groups in total. The van der Waals surface area contributed by atoms with Crippen LogP contribution in [0.25, 0.3) is 11.1 Å². The van der Waals surface area contributed by atoms with E-state index in [4.69, 9.17) is 15.7 Å². The minimum atomic E-state index is -1.12. The molecular weight excluding hydrogens is 306 g/mol. The number of rotatable bonds is 3. The summed E-state index contributed by atoms with van der Waals surface area (Å²) in [6.45, 7) is 1.54. The maximum atomic E-state index is 14.6. The number of nitrogens with zero attached hydrogens (tertiary/aromatic N) is 2. The summed E-state index contributed by atoms with van der Waals surface area (Å²) < 4.78 is 33.1. The van der Waals surface area contributed by atoms with Gasteiger partial charge in [-0.1, -0.05) is 0 Å². The molecule has 1 heterocycles. The fourth-order valence-electron chi connectivity index (χ4n) is 2.11. The summed E-state index contributed by atoms with van der Waals surface area (Å²) in [5.74, 6) is -3.03. The van der Waals surface area contributed by atoms with E-state index in [1.54, 1.807) is 12.1 Å². The van der Waals surface area contributed by atoms with Crippen molar-refractivity contribution < 1.29 is 13.5 Å². The van der Waals surface area contributed by atoms with Gasteiger partial charge in [-0.15, -0.1) is 0 Å². The number of ether oxygens (including phenoxy) is 1. The van der Waals surface area contributed by atoms with E-state index < -0.39 is 28.5 Å². The molecule has 0 saturated carbocycles. The van der Waals surface area contributed by atoms with Gasteiger partial charge in [-0.3, -0.25) is 4.79 Å². The van der Waals surface area contributed by atoms with Gasteiger partial charge in [-0.25, -0.2) is 8.78 Å². The van der Waals surface area contributed by atoms with E-state index in [0.717, 1.165) is 12.1 Å². The Kier molecular flexibility index (Phi) is 4.28. The van der Waals surface area contributed by atoms with Gasteiger partial charge in [0.1, 0.15) is 29.1 Å². The van der Waals surface area contributed by atoms with Gasteiger partial charge in [0.05, 0.1) is 6.61 Å². The first-order valence-electron chi connectivity index (χ1n) is 6.43. The molecule has 116 valence electrons. The number of nitrogens with two attached hydrogens (primary N) is 1. The Morgan fingerprint density at radius 1 is 1.26 bits per heavy atom. The first-order valence-corrected chi connectivity index (χ1v) is 6.43. The van der Waals surface area contributed by atoms with Crippen molar-refractivity contribution in [2.75, 3.05) is 12.3 Å². The predicted octanol–water partition coefficient (Wildman–Crippen LogP) is 2.04. The van der Waals surface area contributed by atoms with Crippen molar-refractivity contribution in [2.24, 2.45) is 0 Å². The number of nitrogen functional groups attached to an aromatic ring is 1. The van der Waals surface area contributed by atoms with Crippen LogP contribution in [0.2, 0.25) is 0 Å². The van der Waals surface area contributed by atoms with Crippen molar-refractivity contribution in [3.05, 3.63) is 45.2 Å². The highest BCUT2D eigenvalue weighted by molar-refractivity contribution is 5.81. The molecule has 1 aromatic heterocycles. The number of nitriles is 2. The van der Waals surface area contributed by atoms with Gasteiger partial charge in [0.25, 0.3) is 5.56 Å². The van der Waals surface area contributed by atoms with Crippen LogP contribution in [0.5, 0.6) is 5.75 Å². The maximum Gasteiger partial charge on any atom is 0.268 e. The normalized spacial score (nSPS) is 9.96. The van der Waals surface area contributed by atoms with Gasteiger partial charge in [0.15, 0.2) is 17.4 Å². The Bertz CT molecular complexity index is 923. The summed E-state index contributed by atoms with van der Waals surface area (Å²) in [5, 5.41) is 18.3. The second-order valence-electron chi connectivity index (χ2n) is 4.39. The molecule has 0 fully saturated rings. The number of aromatic nitrogens is 1. The summed E-state index contributed by atoms with van der Waals surface area (Å²) in [7, 11) is 0. The smallest absolute Gasteiger partial charge is 0.268 e. The van der Waals surface area contributed by atoms with Gasteiger partial charge < -0.3 is 15.5 Å². The fraction of sp³-hybridized carbons (Fsp3) is 0.133. The third-order valence-electron chi connectivity index (χ3n) is 3.08. The molecule has 23 heavy (non-hydrogen) atoms. The Hall–Kier alpha value is -3.39. The monoisotopic (exact) mass is 316 g/mol. The van der Waals surface area contributed by atoms with E-state index >= 15 is 0 Å². The van der Waals surface area contributed by atoms with Crippen molar-refractivity contribution in [3.8, 4) is 29.0 Å². The molecule has 2 aromatic rings. The lowest BCUT2D eigenvalue weighted by Crippen LogP contribution is -2.16. The maximum absolute atomic E-state index is 14.6. The molecule has 2 rings (SSSR count). The van der Waals surface area contributed by atoms with Crippen LogP contribution in [0.4, 0.5) is 14.6 Å². The van der Waals surface area contributed by atoms with Crippen molar-refractivity contribution in [1.29, 1.82) is 10.5 Å². The highest BCUT2D eigenvalue weighted by atomic mass is 19.1. The minimum Gasteiger partial charge on any atom is -0.488 e. The molecule has 0 atom stereocenters. The summed E-state index contributed by atoms with van der Waals surface area (Å²) in [5.41, 5.74) is 3.29. The average Bonchev–Trinajstić information content (AvgIpc) is 2.51. The lowest BCUT2D eigenvalue weighted by atomic mass is 9.96. The van der Waals surface area contributed by atoms with Crippen LogP contribution in [-0.2, 0) is 0 Å². The SMILES string of the molecule is CCOc1c(F)ccc(-c2c(C#N)c(N)[nH]c(=O)c2C#N)c1F. The van der Waals surface area contributed by atoms with E-state index in [-0.39, 0.29) is 29.1 Å². The molecule has 0 unspecified atom stereocenters.